The summed E-state index contributed by atoms with van der Waals surface area (Å²) in [6.45, 7) is 2.53. The zero-order valence-electron chi connectivity index (χ0n) is 13.6. The summed E-state index contributed by atoms with van der Waals surface area (Å²) in [6, 6.07) is 15.6. The van der Waals surface area contributed by atoms with Crippen molar-refractivity contribution in [3.63, 3.8) is 0 Å². The number of carbonyl (C=O) groups excluding carboxylic acids is 1. The summed E-state index contributed by atoms with van der Waals surface area (Å²) in [6.07, 6.45) is 2.11. The fourth-order valence-electron chi connectivity index (χ4n) is 2.91. The van der Waals surface area contributed by atoms with E-state index in [9.17, 15) is 4.79 Å². The molecule has 0 heterocycles. The standard InChI is InChI=1S/C19H21ClN2O.ClH/c1-13(17-4-2-3-5-18(17)20)22(16-10-11-16)19(23)15-8-6-14(12-21)7-9-15;/h2-9,13,16H,10-12,21H2,1H3;1H. The van der Waals surface area contributed by atoms with Crippen LogP contribution in [0, 0.1) is 0 Å². The van der Waals surface area contributed by atoms with Gasteiger partial charge in [-0.3, -0.25) is 4.79 Å². The average Bonchev–Trinajstić information content (AvgIpc) is 3.40. The molecule has 1 fully saturated rings. The van der Waals surface area contributed by atoms with E-state index in [1.165, 1.54) is 0 Å². The van der Waals surface area contributed by atoms with Crippen LogP contribution in [-0.2, 0) is 6.54 Å². The monoisotopic (exact) mass is 364 g/mol. The molecule has 2 N–H and O–H groups in total. The van der Waals surface area contributed by atoms with Gasteiger partial charge in [-0.15, -0.1) is 12.4 Å². The third-order valence-corrected chi connectivity index (χ3v) is 4.73. The number of hydrogen-bond acceptors (Lipinski definition) is 2. The maximum atomic E-state index is 13.0. The van der Waals surface area contributed by atoms with E-state index in [-0.39, 0.29) is 24.4 Å². The lowest BCUT2D eigenvalue weighted by Gasteiger charge is -2.30. The van der Waals surface area contributed by atoms with E-state index in [0.29, 0.717) is 23.2 Å². The van der Waals surface area contributed by atoms with Crippen molar-refractivity contribution in [3.05, 3.63) is 70.2 Å². The maximum absolute atomic E-state index is 13.0. The van der Waals surface area contributed by atoms with Crippen molar-refractivity contribution < 1.29 is 4.79 Å². The van der Waals surface area contributed by atoms with Gasteiger partial charge in [0.25, 0.3) is 5.91 Å². The molecule has 1 aliphatic rings. The molecule has 2 aromatic rings. The molecule has 3 nitrogen and oxygen atoms in total. The molecule has 1 saturated carbocycles. The first-order valence-electron chi connectivity index (χ1n) is 7.98. The Kier molecular flexibility index (Phi) is 6.27. The van der Waals surface area contributed by atoms with Gasteiger partial charge in [-0.2, -0.15) is 0 Å². The predicted molar refractivity (Wildman–Crippen MR) is 101 cm³/mol. The molecule has 5 heteroatoms. The van der Waals surface area contributed by atoms with Gasteiger partial charge in [0.15, 0.2) is 0 Å². The van der Waals surface area contributed by atoms with Gasteiger partial charge < -0.3 is 10.6 Å². The molecule has 1 unspecified atom stereocenters. The fraction of sp³-hybridized carbons (Fsp3) is 0.316. The summed E-state index contributed by atoms with van der Waals surface area (Å²) < 4.78 is 0. The smallest absolute Gasteiger partial charge is 0.254 e. The molecule has 1 atom stereocenters. The van der Waals surface area contributed by atoms with Crippen LogP contribution in [0.3, 0.4) is 0 Å². The third-order valence-electron chi connectivity index (χ3n) is 4.38. The highest BCUT2D eigenvalue weighted by atomic mass is 35.5. The van der Waals surface area contributed by atoms with Gasteiger partial charge in [0.2, 0.25) is 0 Å². The van der Waals surface area contributed by atoms with E-state index in [2.05, 4.69) is 0 Å². The number of hydrogen-bond donors (Lipinski definition) is 1. The van der Waals surface area contributed by atoms with Gasteiger partial charge in [0.05, 0.1) is 6.04 Å². The van der Waals surface area contributed by atoms with Crippen LogP contribution >= 0.6 is 24.0 Å². The Morgan fingerprint density at radius 1 is 1.21 bits per heavy atom. The molecule has 0 saturated heterocycles. The number of carbonyl (C=O) groups is 1. The lowest BCUT2D eigenvalue weighted by Crippen LogP contribution is -2.35. The van der Waals surface area contributed by atoms with Crippen LogP contribution in [0.2, 0.25) is 5.02 Å². The van der Waals surface area contributed by atoms with Gasteiger partial charge >= 0.3 is 0 Å². The Balaban J connectivity index is 0.00000208. The normalized spacial score (nSPS) is 14.6. The molecule has 0 spiro atoms. The number of rotatable bonds is 5. The van der Waals surface area contributed by atoms with Crippen LogP contribution in [0.5, 0.6) is 0 Å². The molecule has 0 aliphatic heterocycles. The lowest BCUT2D eigenvalue weighted by molar-refractivity contribution is 0.0674. The van der Waals surface area contributed by atoms with Gasteiger partial charge in [-0.25, -0.2) is 0 Å². The molecule has 1 aliphatic carbocycles. The predicted octanol–water partition coefficient (Wildman–Crippen LogP) is 4.59. The van der Waals surface area contributed by atoms with Crippen molar-refractivity contribution >= 4 is 29.9 Å². The summed E-state index contributed by atoms with van der Waals surface area (Å²) in [5.74, 6) is 0.0588. The molecular formula is C19H22Cl2N2O. The fourth-order valence-corrected chi connectivity index (χ4v) is 3.20. The molecule has 128 valence electrons. The van der Waals surface area contributed by atoms with Crippen LogP contribution < -0.4 is 5.73 Å². The SMILES string of the molecule is CC(c1ccccc1Cl)N(C(=O)c1ccc(CN)cc1)C1CC1.Cl. The minimum atomic E-state index is -0.0436. The van der Waals surface area contributed by atoms with E-state index in [0.717, 1.165) is 24.0 Å². The van der Waals surface area contributed by atoms with Gasteiger partial charge in [0, 0.05) is 23.2 Å². The molecule has 2 aromatic carbocycles. The first kappa shape index (κ1) is 18.8. The number of benzene rings is 2. The number of nitrogens with zero attached hydrogens (tertiary/aromatic N) is 1. The molecule has 0 aromatic heterocycles. The van der Waals surface area contributed by atoms with Crippen LogP contribution in [0.25, 0.3) is 0 Å². The highest BCUT2D eigenvalue weighted by molar-refractivity contribution is 6.31. The van der Waals surface area contributed by atoms with Crippen LogP contribution in [0.15, 0.2) is 48.5 Å². The van der Waals surface area contributed by atoms with Crippen LogP contribution in [-0.4, -0.2) is 16.8 Å². The number of amides is 1. The van der Waals surface area contributed by atoms with Crippen molar-refractivity contribution in [2.75, 3.05) is 0 Å². The Bertz CT molecular complexity index is 699. The number of halogens is 2. The summed E-state index contributed by atoms with van der Waals surface area (Å²) in [5.41, 5.74) is 8.35. The second-order valence-electron chi connectivity index (χ2n) is 6.04. The van der Waals surface area contributed by atoms with Gasteiger partial charge in [-0.05, 0) is 49.1 Å². The minimum Gasteiger partial charge on any atom is -0.329 e. The molecule has 0 bridgehead atoms. The molecule has 3 rings (SSSR count). The zero-order chi connectivity index (χ0) is 16.4. The molecule has 24 heavy (non-hydrogen) atoms. The van der Waals surface area contributed by atoms with Crippen molar-refractivity contribution in [1.29, 1.82) is 0 Å². The van der Waals surface area contributed by atoms with Crippen molar-refractivity contribution in [2.45, 2.75) is 38.4 Å². The highest BCUT2D eigenvalue weighted by Crippen LogP contribution is 2.37. The number of nitrogens with two attached hydrogens (primary N) is 1. The first-order chi connectivity index (χ1) is 11.1. The van der Waals surface area contributed by atoms with Gasteiger partial charge in [0.1, 0.15) is 0 Å². The van der Waals surface area contributed by atoms with Crippen molar-refractivity contribution in [2.24, 2.45) is 5.73 Å². The van der Waals surface area contributed by atoms with Crippen LogP contribution in [0.1, 0.15) is 47.3 Å². The molecule has 1 amide bonds. The van der Waals surface area contributed by atoms with Crippen molar-refractivity contribution in [3.8, 4) is 0 Å². The van der Waals surface area contributed by atoms with E-state index in [1.54, 1.807) is 0 Å². The van der Waals surface area contributed by atoms with Crippen LogP contribution in [0.4, 0.5) is 0 Å². The minimum absolute atomic E-state index is 0. The van der Waals surface area contributed by atoms with E-state index < -0.39 is 0 Å². The molecule has 0 radical (unpaired) electrons. The molecular weight excluding hydrogens is 343 g/mol. The van der Waals surface area contributed by atoms with Gasteiger partial charge in [-0.1, -0.05) is 41.9 Å². The summed E-state index contributed by atoms with van der Waals surface area (Å²) >= 11 is 6.33. The zero-order valence-corrected chi connectivity index (χ0v) is 15.2. The topological polar surface area (TPSA) is 46.3 Å². The first-order valence-corrected chi connectivity index (χ1v) is 8.35. The van der Waals surface area contributed by atoms with Crippen molar-refractivity contribution in [1.82, 2.24) is 4.90 Å². The highest BCUT2D eigenvalue weighted by Gasteiger charge is 2.37. The second-order valence-corrected chi connectivity index (χ2v) is 6.45. The second kappa shape index (κ2) is 8.02. The average molecular weight is 365 g/mol. The Morgan fingerprint density at radius 3 is 2.38 bits per heavy atom. The Hall–Kier alpha value is -1.55. The van der Waals surface area contributed by atoms with E-state index >= 15 is 0 Å². The Labute approximate surface area is 154 Å². The third kappa shape index (κ3) is 3.92. The lowest BCUT2D eigenvalue weighted by atomic mass is 10.0. The van der Waals surface area contributed by atoms with E-state index in [1.807, 2.05) is 60.4 Å². The summed E-state index contributed by atoms with van der Waals surface area (Å²) in [5, 5.41) is 0.705. The quantitative estimate of drug-likeness (QED) is 0.843. The Morgan fingerprint density at radius 2 is 1.83 bits per heavy atom. The summed E-state index contributed by atoms with van der Waals surface area (Å²) in [7, 11) is 0. The van der Waals surface area contributed by atoms with E-state index in [4.69, 9.17) is 17.3 Å². The largest absolute Gasteiger partial charge is 0.329 e. The summed E-state index contributed by atoms with van der Waals surface area (Å²) in [4.78, 5) is 15.0. The maximum Gasteiger partial charge on any atom is 0.254 e.